The minimum Gasteiger partial charge on any atom is -0.302 e. The molecule has 0 fully saturated rings. The molecule has 6 heteroatoms. The van der Waals surface area contributed by atoms with E-state index in [4.69, 9.17) is 11.6 Å². The van der Waals surface area contributed by atoms with Crippen molar-refractivity contribution in [1.29, 1.82) is 0 Å². The zero-order valence-corrected chi connectivity index (χ0v) is 14.4. The van der Waals surface area contributed by atoms with Gasteiger partial charge in [-0.15, -0.1) is 10.2 Å². The van der Waals surface area contributed by atoms with Gasteiger partial charge in [-0.1, -0.05) is 48.5 Å². The van der Waals surface area contributed by atoms with Gasteiger partial charge in [0.1, 0.15) is 0 Å². The topological polar surface area (TPSA) is 43.6 Å². The van der Waals surface area contributed by atoms with Crippen LogP contribution in [0.3, 0.4) is 0 Å². The lowest BCUT2D eigenvalue weighted by Crippen LogP contribution is -2.02. The van der Waals surface area contributed by atoms with Crippen LogP contribution in [0.1, 0.15) is 18.9 Å². The fourth-order valence-corrected chi connectivity index (χ4v) is 3.54. The van der Waals surface area contributed by atoms with E-state index >= 15 is 0 Å². The summed E-state index contributed by atoms with van der Waals surface area (Å²) in [5.41, 5.74) is 2.14. The van der Waals surface area contributed by atoms with Gasteiger partial charge in [-0.3, -0.25) is 4.98 Å². The summed E-state index contributed by atoms with van der Waals surface area (Å²) in [5, 5.41) is 10.4. The average Bonchev–Trinajstić information content (AvgIpc) is 2.98. The van der Waals surface area contributed by atoms with Gasteiger partial charge in [0, 0.05) is 35.3 Å². The predicted octanol–water partition coefficient (Wildman–Crippen LogP) is 4.70. The molecule has 0 spiro atoms. The van der Waals surface area contributed by atoms with E-state index in [1.807, 2.05) is 36.4 Å². The van der Waals surface area contributed by atoms with Crippen LogP contribution in [0.2, 0.25) is 5.02 Å². The first-order valence-corrected chi connectivity index (χ1v) is 8.85. The van der Waals surface area contributed by atoms with Gasteiger partial charge >= 0.3 is 0 Å². The van der Waals surface area contributed by atoms with Crippen molar-refractivity contribution >= 4 is 23.4 Å². The maximum absolute atomic E-state index is 6.23. The number of rotatable bonds is 6. The summed E-state index contributed by atoms with van der Waals surface area (Å²) in [6.07, 6.45) is 4.57. The van der Waals surface area contributed by atoms with Crippen molar-refractivity contribution in [1.82, 2.24) is 19.7 Å². The second-order valence-electron chi connectivity index (χ2n) is 5.07. The van der Waals surface area contributed by atoms with Crippen molar-refractivity contribution in [2.24, 2.45) is 0 Å². The molecule has 0 radical (unpaired) electrons. The summed E-state index contributed by atoms with van der Waals surface area (Å²) in [4.78, 5) is 4.06. The van der Waals surface area contributed by atoms with Gasteiger partial charge in [0.25, 0.3) is 0 Å². The molecule has 0 aliphatic rings. The first kappa shape index (κ1) is 16.0. The van der Waals surface area contributed by atoms with Crippen LogP contribution in [0.15, 0.2) is 53.9 Å². The summed E-state index contributed by atoms with van der Waals surface area (Å²) < 4.78 is 2.16. The molecule has 4 nitrogen and oxygen atoms in total. The molecule has 0 saturated heterocycles. The van der Waals surface area contributed by atoms with Gasteiger partial charge in [-0.25, -0.2) is 0 Å². The van der Waals surface area contributed by atoms with Gasteiger partial charge in [0.05, 0.1) is 0 Å². The molecule has 2 aromatic heterocycles. The lowest BCUT2D eigenvalue weighted by molar-refractivity contribution is 0.626. The molecule has 0 unspecified atom stereocenters. The van der Waals surface area contributed by atoms with Crippen molar-refractivity contribution in [3.63, 3.8) is 0 Å². The molecule has 0 atom stereocenters. The predicted molar refractivity (Wildman–Crippen MR) is 94.6 cm³/mol. The molecule has 23 heavy (non-hydrogen) atoms. The number of halogens is 1. The Morgan fingerprint density at radius 3 is 2.61 bits per heavy atom. The van der Waals surface area contributed by atoms with E-state index in [0.29, 0.717) is 0 Å². The lowest BCUT2D eigenvalue weighted by Gasteiger charge is -2.09. The highest BCUT2D eigenvalue weighted by Gasteiger charge is 2.14. The van der Waals surface area contributed by atoms with E-state index in [2.05, 4.69) is 26.7 Å². The first-order valence-electron chi connectivity index (χ1n) is 7.49. The smallest absolute Gasteiger partial charge is 0.191 e. The maximum atomic E-state index is 6.23. The second kappa shape index (κ2) is 7.62. The van der Waals surface area contributed by atoms with Crippen molar-refractivity contribution in [3.8, 4) is 11.4 Å². The quantitative estimate of drug-likeness (QED) is 0.608. The van der Waals surface area contributed by atoms with Crippen LogP contribution >= 0.6 is 23.4 Å². The van der Waals surface area contributed by atoms with Crippen LogP contribution in [-0.4, -0.2) is 19.7 Å². The summed E-state index contributed by atoms with van der Waals surface area (Å²) in [5.74, 6) is 1.66. The Balaban J connectivity index is 1.85. The first-order chi connectivity index (χ1) is 11.3. The Bertz CT molecular complexity index is 773. The molecular weight excluding hydrogens is 328 g/mol. The molecule has 0 N–H and O–H groups in total. The Kier molecular flexibility index (Phi) is 5.31. The summed E-state index contributed by atoms with van der Waals surface area (Å²) in [6, 6.07) is 11.8. The Labute approximate surface area is 144 Å². The Morgan fingerprint density at radius 1 is 1.09 bits per heavy atom. The minimum atomic E-state index is 0.776. The highest BCUT2D eigenvalue weighted by atomic mass is 35.5. The van der Waals surface area contributed by atoms with Crippen molar-refractivity contribution in [2.45, 2.75) is 30.8 Å². The average molecular weight is 345 g/mol. The number of hydrogen-bond donors (Lipinski definition) is 0. The zero-order valence-electron chi connectivity index (χ0n) is 12.8. The zero-order chi connectivity index (χ0) is 16.1. The van der Waals surface area contributed by atoms with Crippen LogP contribution in [0.5, 0.6) is 0 Å². The molecule has 2 heterocycles. The number of hydrogen-bond acceptors (Lipinski definition) is 4. The third-order valence-corrected chi connectivity index (χ3v) is 4.80. The molecule has 0 aliphatic heterocycles. The largest absolute Gasteiger partial charge is 0.302 e. The monoisotopic (exact) mass is 344 g/mol. The van der Waals surface area contributed by atoms with Crippen LogP contribution < -0.4 is 0 Å². The van der Waals surface area contributed by atoms with E-state index in [1.165, 1.54) is 0 Å². The maximum Gasteiger partial charge on any atom is 0.191 e. The molecule has 3 rings (SSSR count). The van der Waals surface area contributed by atoms with Crippen LogP contribution in [-0.2, 0) is 12.3 Å². The fourth-order valence-electron chi connectivity index (χ4n) is 2.29. The van der Waals surface area contributed by atoms with Crippen molar-refractivity contribution in [3.05, 3.63) is 59.4 Å². The minimum absolute atomic E-state index is 0.776. The number of thioether (sulfide) groups is 1. The highest BCUT2D eigenvalue weighted by Crippen LogP contribution is 2.28. The fraction of sp³-hybridized carbons (Fsp3) is 0.235. The second-order valence-corrected chi connectivity index (χ2v) is 6.42. The molecule has 0 bridgehead atoms. The molecule has 0 aliphatic carbocycles. The Hall–Kier alpha value is -1.85. The SMILES string of the molecule is CCCn1c(SCc2ccccc2Cl)nnc1-c1ccncc1. The number of pyridine rings is 1. The van der Waals surface area contributed by atoms with Gasteiger partial charge in [-0.05, 0) is 30.2 Å². The van der Waals surface area contributed by atoms with Crippen molar-refractivity contribution < 1.29 is 0 Å². The van der Waals surface area contributed by atoms with Crippen LogP contribution in [0, 0.1) is 0 Å². The molecular formula is C17H17ClN4S. The number of aromatic nitrogens is 4. The van der Waals surface area contributed by atoms with Crippen LogP contribution in [0.4, 0.5) is 0 Å². The number of benzene rings is 1. The lowest BCUT2D eigenvalue weighted by atomic mass is 10.2. The van der Waals surface area contributed by atoms with E-state index in [-0.39, 0.29) is 0 Å². The molecule has 0 amide bonds. The van der Waals surface area contributed by atoms with Crippen LogP contribution in [0.25, 0.3) is 11.4 Å². The summed E-state index contributed by atoms with van der Waals surface area (Å²) >= 11 is 7.89. The van der Waals surface area contributed by atoms with Gasteiger partial charge in [0.15, 0.2) is 11.0 Å². The molecule has 0 saturated carbocycles. The van der Waals surface area contributed by atoms with E-state index in [1.54, 1.807) is 24.2 Å². The van der Waals surface area contributed by atoms with Gasteiger partial charge < -0.3 is 4.57 Å². The molecule has 3 aromatic rings. The van der Waals surface area contributed by atoms with Gasteiger partial charge in [-0.2, -0.15) is 0 Å². The summed E-state index contributed by atoms with van der Waals surface area (Å²) in [7, 11) is 0. The van der Waals surface area contributed by atoms with E-state index < -0.39 is 0 Å². The van der Waals surface area contributed by atoms with Crippen molar-refractivity contribution in [2.75, 3.05) is 0 Å². The highest BCUT2D eigenvalue weighted by molar-refractivity contribution is 7.98. The normalized spacial score (nSPS) is 10.9. The Morgan fingerprint density at radius 2 is 1.87 bits per heavy atom. The number of nitrogens with zero attached hydrogens (tertiary/aromatic N) is 4. The third-order valence-electron chi connectivity index (χ3n) is 3.42. The van der Waals surface area contributed by atoms with E-state index in [0.717, 1.165) is 45.8 Å². The molecule has 118 valence electrons. The molecule has 1 aromatic carbocycles. The van der Waals surface area contributed by atoms with E-state index in [9.17, 15) is 0 Å². The third kappa shape index (κ3) is 3.74. The standard InChI is InChI=1S/C17H17ClN4S/c1-2-11-22-16(13-7-9-19-10-8-13)20-21-17(22)23-12-14-5-3-4-6-15(14)18/h3-10H,2,11-12H2,1H3. The van der Waals surface area contributed by atoms with Gasteiger partial charge in [0.2, 0.25) is 0 Å². The summed E-state index contributed by atoms with van der Waals surface area (Å²) in [6.45, 7) is 3.04.